The van der Waals surface area contributed by atoms with E-state index in [4.69, 9.17) is 0 Å². The van der Waals surface area contributed by atoms with Crippen LogP contribution in [0.15, 0.2) is 24.3 Å². The quantitative estimate of drug-likeness (QED) is 0.597. The van der Waals surface area contributed by atoms with Crippen LogP contribution < -0.4 is 5.32 Å². The summed E-state index contributed by atoms with van der Waals surface area (Å²) >= 11 is 0. The predicted octanol–water partition coefficient (Wildman–Crippen LogP) is 2.11. The standard InChI is InChI=1S/C15H24N2O/c1-2-3-4-5-15(18)17-10-8-14(9-11-17)16-12-13-6-7-13/h2-5,13-14,16H,6-12H2,1H3/b3-2+,5-4?. The molecule has 0 aromatic carbocycles. The lowest BCUT2D eigenvalue weighted by atomic mass is 10.0. The van der Waals surface area contributed by atoms with Gasteiger partial charge in [-0.3, -0.25) is 4.79 Å². The van der Waals surface area contributed by atoms with Gasteiger partial charge in [0.1, 0.15) is 0 Å². The van der Waals surface area contributed by atoms with Crippen molar-refractivity contribution in [2.24, 2.45) is 5.92 Å². The molecule has 0 unspecified atom stereocenters. The van der Waals surface area contributed by atoms with E-state index in [0.717, 1.165) is 31.8 Å². The van der Waals surface area contributed by atoms with E-state index >= 15 is 0 Å². The summed E-state index contributed by atoms with van der Waals surface area (Å²) in [6.07, 6.45) is 12.3. The highest BCUT2D eigenvalue weighted by Gasteiger charge is 2.25. The second-order valence-corrected chi connectivity index (χ2v) is 5.34. The zero-order valence-corrected chi connectivity index (χ0v) is 11.3. The highest BCUT2D eigenvalue weighted by atomic mass is 16.2. The van der Waals surface area contributed by atoms with Crippen molar-refractivity contribution >= 4 is 5.91 Å². The number of amides is 1. The van der Waals surface area contributed by atoms with Crippen molar-refractivity contribution in [1.82, 2.24) is 10.2 Å². The summed E-state index contributed by atoms with van der Waals surface area (Å²) in [6.45, 7) is 4.91. The van der Waals surface area contributed by atoms with Crippen molar-refractivity contribution in [2.75, 3.05) is 19.6 Å². The number of allylic oxidation sites excluding steroid dienone is 3. The molecule has 3 nitrogen and oxygen atoms in total. The minimum absolute atomic E-state index is 0.147. The van der Waals surface area contributed by atoms with E-state index in [1.807, 2.05) is 30.1 Å². The summed E-state index contributed by atoms with van der Waals surface area (Å²) in [5, 5.41) is 3.63. The van der Waals surface area contributed by atoms with E-state index in [9.17, 15) is 4.79 Å². The van der Waals surface area contributed by atoms with E-state index in [1.165, 1.54) is 19.4 Å². The first-order chi connectivity index (χ1) is 8.79. The van der Waals surface area contributed by atoms with Crippen LogP contribution in [0.3, 0.4) is 0 Å². The van der Waals surface area contributed by atoms with Crippen molar-refractivity contribution in [1.29, 1.82) is 0 Å². The Balaban J connectivity index is 1.66. The van der Waals surface area contributed by atoms with Gasteiger partial charge in [-0.25, -0.2) is 0 Å². The van der Waals surface area contributed by atoms with Gasteiger partial charge in [0.15, 0.2) is 0 Å². The normalized spacial score (nSPS) is 22.2. The van der Waals surface area contributed by atoms with Crippen LogP contribution in [-0.4, -0.2) is 36.5 Å². The van der Waals surface area contributed by atoms with Crippen LogP contribution in [0.4, 0.5) is 0 Å². The van der Waals surface area contributed by atoms with E-state index in [2.05, 4.69) is 5.32 Å². The first-order valence-corrected chi connectivity index (χ1v) is 7.11. The molecular formula is C15H24N2O. The molecule has 0 atom stereocenters. The number of nitrogens with one attached hydrogen (secondary N) is 1. The number of carbonyl (C=O) groups excluding carboxylic acids is 1. The predicted molar refractivity (Wildman–Crippen MR) is 74.3 cm³/mol. The SMILES string of the molecule is C/C=C/C=CC(=O)N1CCC(NCC2CC2)CC1. The Hall–Kier alpha value is -1.09. The summed E-state index contributed by atoms with van der Waals surface area (Å²) in [5.74, 6) is 1.09. The summed E-state index contributed by atoms with van der Waals surface area (Å²) in [5.41, 5.74) is 0. The molecule has 2 rings (SSSR count). The molecule has 0 radical (unpaired) electrons. The van der Waals surface area contributed by atoms with Gasteiger partial charge in [0.2, 0.25) is 5.91 Å². The molecule has 0 aromatic heterocycles. The molecule has 1 saturated heterocycles. The molecule has 1 aliphatic heterocycles. The van der Waals surface area contributed by atoms with E-state index in [-0.39, 0.29) is 5.91 Å². The van der Waals surface area contributed by atoms with Crippen LogP contribution in [0.2, 0.25) is 0 Å². The van der Waals surface area contributed by atoms with Crippen LogP contribution in [0.1, 0.15) is 32.6 Å². The van der Waals surface area contributed by atoms with E-state index in [1.54, 1.807) is 6.08 Å². The van der Waals surface area contributed by atoms with Crippen LogP contribution in [-0.2, 0) is 4.79 Å². The number of hydrogen-bond acceptors (Lipinski definition) is 2. The van der Waals surface area contributed by atoms with Crippen LogP contribution in [0.25, 0.3) is 0 Å². The Morgan fingerprint density at radius 2 is 1.94 bits per heavy atom. The van der Waals surface area contributed by atoms with Crippen LogP contribution in [0.5, 0.6) is 0 Å². The van der Waals surface area contributed by atoms with Gasteiger partial charge in [-0.15, -0.1) is 0 Å². The van der Waals surface area contributed by atoms with Crippen molar-refractivity contribution < 1.29 is 4.79 Å². The lowest BCUT2D eigenvalue weighted by Gasteiger charge is -2.32. The Morgan fingerprint density at radius 1 is 1.22 bits per heavy atom. The monoisotopic (exact) mass is 248 g/mol. The molecule has 1 amide bonds. The maximum absolute atomic E-state index is 11.8. The summed E-state index contributed by atoms with van der Waals surface area (Å²) in [6, 6.07) is 0.620. The smallest absolute Gasteiger partial charge is 0.246 e. The average Bonchev–Trinajstić information content (AvgIpc) is 3.21. The molecule has 0 aromatic rings. The number of piperidine rings is 1. The third-order valence-electron chi connectivity index (χ3n) is 3.74. The summed E-state index contributed by atoms with van der Waals surface area (Å²) in [4.78, 5) is 13.8. The molecule has 18 heavy (non-hydrogen) atoms. The molecule has 0 bridgehead atoms. The van der Waals surface area contributed by atoms with Gasteiger partial charge in [-0.2, -0.15) is 0 Å². The highest BCUT2D eigenvalue weighted by molar-refractivity contribution is 5.87. The number of carbonyl (C=O) groups is 1. The fraction of sp³-hybridized carbons (Fsp3) is 0.667. The van der Waals surface area contributed by atoms with Crippen molar-refractivity contribution in [3.05, 3.63) is 24.3 Å². The third kappa shape index (κ3) is 4.30. The third-order valence-corrected chi connectivity index (χ3v) is 3.74. The number of hydrogen-bond donors (Lipinski definition) is 1. The van der Waals surface area contributed by atoms with Gasteiger partial charge >= 0.3 is 0 Å². The maximum Gasteiger partial charge on any atom is 0.246 e. The Morgan fingerprint density at radius 3 is 2.56 bits per heavy atom. The Labute approximate surface area is 110 Å². The molecule has 3 heteroatoms. The zero-order valence-electron chi connectivity index (χ0n) is 11.3. The van der Waals surface area contributed by atoms with Crippen LogP contribution >= 0.6 is 0 Å². The highest BCUT2D eigenvalue weighted by Crippen LogP contribution is 2.28. The molecule has 1 saturated carbocycles. The second-order valence-electron chi connectivity index (χ2n) is 5.34. The fourth-order valence-corrected chi connectivity index (χ4v) is 2.31. The first kappa shape index (κ1) is 13.3. The Kier molecular flexibility index (Phi) is 5.00. The molecule has 1 heterocycles. The lowest BCUT2D eigenvalue weighted by molar-refractivity contribution is -0.127. The van der Waals surface area contributed by atoms with Gasteiger partial charge < -0.3 is 10.2 Å². The number of nitrogens with zero attached hydrogens (tertiary/aromatic N) is 1. The summed E-state index contributed by atoms with van der Waals surface area (Å²) in [7, 11) is 0. The van der Waals surface area contributed by atoms with Crippen molar-refractivity contribution in [3.63, 3.8) is 0 Å². The molecular weight excluding hydrogens is 224 g/mol. The molecule has 2 fully saturated rings. The number of rotatable bonds is 5. The topological polar surface area (TPSA) is 32.3 Å². The fourth-order valence-electron chi connectivity index (χ4n) is 2.31. The minimum atomic E-state index is 0.147. The molecule has 100 valence electrons. The van der Waals surface area contributed by atoms with E-state index < -0.39 is 0 Å². The zero-order chi connectivity index (χ0) is 12.8. The van der Waals surface area contributed by atoms with Gasteiger partial charge in [-0.05, 0) is 45.1 Å². The van der Waals surface area contributed by atoms with Gasteiger partial charge in [0.25, 0.3) is 0 Å². The Bertz CT molecular complexity index is 323. The van der Waals surface area contributed by atoms with Crippen molar-refractivity contribution in [2.45, 2.75) is 38.6 Å². The van der Waals surface area contributed by atoms with Crippen LogP contribution in [0, 0.1) is 5.92 Å². The average molecular weight is 248 g/mol. The summed E-state index contributed by atoms with van der Waals surface area (Å²) < 4.78 is 0. The molecule has 1 N–H and O–H groups in total. The minimum Gasteiger partial charge on any atom is -0.339 e. The van der Waals surface area contributed by atoms with E-state index in [0.29, 0.717) is 6.04 Å². The lowest BCUT2D eigenvalue weighted by Crippen LogP contribution is -2.44. The largest absolute Gasteiger partial charge is 0.339 e. The molecule has 0 spiro atoms. The first-order valence-electron chi connectivity index (χ1n) is 7.11. The number of likely N-dealkylation sites (tertiary alicyclic amines) is 1. The molecule has 2 aliphatic rings. The van der Waals surface area contributed by atoms with Gasteiger partial charge in [0.05, 0.1) is 0 Å². The van der Waals surface area contributed by atoms with Crippen molar-refractivity contribution in [3.8, 4) is 0 Å². The second kappa shape index (κ2) is 6.74. The molecule has 1 aliphatic carbocycles. The van der Waals surface area contributed by atoms with Gasteiger partial charge in [-0.1, -0.05) is 18.2 Å². The van der Waals surface area contributed by atoms with Gasteiger partial charge in [0, 0.05) is 25.2 Å². The maximum atomic E-state index is 11.8.